The Morgan fingerprint density at radius 1 is 0.485 bits per heavy atom. The third-order valence-corrected chi connectivity index (χ3v) is 6.62. The number of hydrogen-bond donors (Lipinski definition) is 0. The molecule has 2 nitrogen and oxygen atoms in total. The zero-order valence-electron chi connectivity index (χ0n) is 17.9. The van der Waals surface area contributed by atoms with Crippen molar-refractivity contribution in [2.45, 2.75) is 0 Å². The summed E-state index contributed by atoms with van der Waals surface area (Å²) in [6.07, 6.45) is 1.88. The maximum Gasteiger partial charge on any atom is 0.0876 e. The van der Waals surface area contributed by atoms with Crippen molar-refractivity contribution in [1.82, 2.24) is 9.55 Å². The van der Waals surface area contributed by atoms with Gasteiger partial charge in [0, 0.05) is 22.8 Å². The summed E-state index contributed by atoms with van der Waals surface area (Å²) in [7, 11) is 0. The fraction of sp³-hybridized carbons (Fsp3) is 0. The van der Waals surface area contributed by atoms with Crippen molar-refractivity contribution in [3.05, 3.63) is 121 Å². The van der Waals surface area contributed by atoms with Crippen molar-refractivity contribution in [1.29, 1.82) is 0 Å². The molecule has 0 aliphatic heterocycles. The molecule has 2 aromatic heterocycles. The van der Waals surface area contributed by atoms with E-state index in [9.17, 15) is 0 Å². The van der Waals surface area contributed by atoms with E-state index in [0.717, 1.165) is 17.1 Å². The van der Waals surface area contributed by atoms with E-state index in [-0.39, 0.29) is 0 Å². The second-order valence-electron chi connectivity index (χ2n) is 8.40. The summed E-state index contributed by atoms with van der Waals surface area (Å²) in [6.45, 7) is 0. The lowest BCUT2D eigenvalue weighted by Crippen LogP contribution is -1.99. The van der Waals surface area contributed by atoms with E-state index in [1.807, 2.05) is 12.3 Å². The molecule has 2 heterocycles. The first-order valence-electron chi connectivity index (χ1n) is 11.3. The summed E-state index contributed by atoms with van der Waals surface area (Å²) in [4.78, 5) is 4.82. The number of rotatable bonds is 2. The van der Waals surface area contributed by atoms with Crippen LogP contribution in [-0.4, -0.2) is 9.55 Å². The molecule has 0 amide bonds. The molecule has 0 saturated heterocycles. The van der Waals surface area contributed by atoms with Crippen molar-refractivity contribution >= 4 is 10.9 Å². The summed E-state index contributed by atoms with van der Waals surface area (Å²) in [5.41, 5.74) is 12.0. The Hall–Kier alpha value is -4.43. The average Bonchev–Trinajstić information content (AvgIpc) is 3.19. The van der Waals surface area contributed by atoms with Gasteiger partial charge in [0.05, 0.1) is 16.9 Å². The largest absolute Gasteiger partial charge is 0.307 e. The minimum absolute atomic E-state index is 0.972. The van der Waals surface area contributed by atoms with Gasteiger partial charge in [-0.2, -0.15) is 0 Å². The lowest BCUT2D eigenvalue weighted by molar-refractivity contribution is 1.12. The first-order valence-corrected chi connectivity index (χ1v) is 11.3. The van der Waals surface area contributed by atoms with Gasteiger partial charge in [-0.25, -0.2) is 0 Å². The molecular weight excluding hydrogens is 400 g/mol. The van der Waals surface area contributed by atoms with Crippen LogP contribution in [0.3, 0.4) is 0 Å². The quantitative estimate of drug-likeness (QED) is 0.277. The van der Waals surface area contributed by atoms with E-state index in [1.165, 1.54) is 44.3 Å². The number of hydrogen-bond acceptors (Lipinski definition) is 1. The number of nitrogens with zero attached hydrogens (tertiary/aromatic N) is 2. The minimum atomic E-state index is 0.972. The van der Waals surface area contributed by atoms with Gasteiger partial charge < -0.3 is 4.57 Å². The van der Waals surface area contributed by atoms with E-state index in [1.54, 1.807) is 0 Å². The molecule has 1 aliphatic carbocycles. The number of aromatic nitrogens is 2. The van der Waals surface area contributed by atoms with Gasteiger partial charge in [-0.3, -0.25) is 4.98 Å². The minimum Gasteiger partial charge on any atom is -0.307 e. The molecule has 0 saturated carbocycles. The first kappa shape index (κ1) is 18.2. The van der Waals surface area contributed by atoms with E-state index < -0.39 is 0 Å². The third-order valence-electron chi connectivity index (χ3n) is 6.62. The van der Waals surface area contributed by atoms with Crippen LogP contribution in [0.2, 0.25) is 0 Å². The maximum atomic E-state index is 4.82. The molecule has 0 spiro atoms. The Bertz CT molecular complexity index is 1640. The Morgan fingerprint density at radius 3 is 1.82 bits per heavy atom. The van der Waals surface area contributed by atoms with Crippen molar-refractivity contribution in [3.8, 4) is 50.5 Å². The van der Waals surface area contributed by atoms with Crippen LogP contribution in [0.4, 0.5) is 0 Å². The Balaban J connectivity index is 1.76. The van der Waals surface area contributed by atoms with Crippen LogP contribution in [0.5, 0.6) is 0 Å². The lowest BCUT2D eigenvalue weighted by atomic mass is 9.93. The molecule has 0 fully saturated rings. The molecule has 6 aromatic rings. The second kappa shape index (κ2) is 7.04. The van der Waals surface area contributed by atoms with Crippen LogP contribution in [0.25, 0.3) is 61.4 Å². The topological polar surface area (TPSA) is 17.8 Å². The third kappa shape index (κ3) is 2.58. The standard InChI is InChI=1S/C31H20N2/c1-2-11-21(12-3-1)33-28-19-10-17-25-23-14-5-4-13-22(23)24-15-6-7-16-26(24)30(29(25)28)31(33)27-18-8-9-20-32-27/h1-20H. The van der Waals surface area contributed by atoms with Crippen LogP contribution in [0.15, 0.2) is 121 Å². The zero-order chi connectivity index (χ0) is 21.8. The van der Waals surface area contributed by atoms with Crippen molar-refractivity contribution < 1.29 is 0 Å². The van der Waals surface area contributed by atoms with E-state index in [4.69, 9.17) is 4.98 Å². The zero-order valence-corrected chi connectivity index (χ0v) is 17.9. The van der Waals surface area contributed by atoms with Gasteiger partial charge in [-0.15, -0.1) is 0 Å². The average molecular weight is 421 g/mol. The monoisotopic (exact) mass is 420 g/mol. The molecule has 154 valence electrons. The smallest absolute Gasteiger partial charge is 0.0876 e. The summed E-state index contributed by atoms with van der Waals surface area (Å²) >= 11 is 0. The summed E-state index contributed by atoms with van der Waals surface area (Å²) in [6, 6.07) is 41.0. The van der Waals surface area contributed by atoms with Gasteiger partial charge in [0.15, 0.2) is 0 Å². The van der Waals surface area contributed by atoms with Crippen molar-refractivity contribution in [2.75, 3.05) is 0 Å². The normalized spacial score (nSPS) is 11.6. The summed E-state index contributed by atoms with van der Waals surface area (Å²) in [5, 5.41) is 1.28. The van der Waals surface area contributed by atoms with Crippen LogP contribution in [0.1, 0.15) is 0 Å². The Morgan fingerprint density at radius 2 is 1.09 bits per heavy atom. The molecule has 1 aliphatic rings. The van der Waals surface area contributed by atoms with E-state index in [0.29, 0.717) is 0 Å². The van der Waals surface area contributed by atoms with E-state index in [2.05, 4.69) is 114 Å². The fourth-order valence-electron chi connectivity index (χ4n) is 5.31. The number of pyridine rings is 1. The van der Waals surface area contributed by atoms with Gasteiger partial charge in [0.2, 0.25) is 0 Å². The van der Waals surface area contributed by atoms with Gasteiger partial charge in [-0.05, 0) is 58.1 Å². The first-order chi connectivity index (χ1) is 16.4. The van der Waals surface area contributed by atoms with Crippen LogP contribution in [0, 0.1) is 0 Å². The molecule has 33 heavy (non-hydrogen) atoms. The van der Waals surface area contributed by atoms with Gasteiger partial charge in [-0.1, -0.05) is 84.9 Å². The van der Waals surface area contributed by atoms with Gasteiger partial charge in [0.1, 0.15) is 0 Å². The molecule has 0 bridgehead atoms. The second-order valence-corrected chi connectivity index (χ2v) is 8.40. The highest BCUT2D eigenvalue weighted by molar-refractivity contribution is 6.17. The molecular formula is C31H20N2. The SMILES string of the molecule is c1ccc(-n2c(-c3ccccn3)c3c4c(cccc42)-c2ccccc2-c2ccccc2-3)cc1. The Labute approximate surface area is 192 Å². The molecule has 4 aromatic carbocycles. The maximum absolute atomic E-state index is 4.82. The van der Waals surface area contributed by atoms with Crippen LogP contribution >= 0.6 is 0 Å². The summed E-state index contributed by atoms with van der Waals surface area (Å²) in [5.74, 6) is 0. The fourth-order valence-corrected chi connectivity index (χ4v) is 5.31. The predicted molar refractivity (Wildman–Crippen MR) is 136 cm³/mol. The number of fused-ring (bicyclic) bond motifs is 5. The Kier molecular flexibility index (Phi) is 3.88. The van der Waals surface area contributed by atoms with Crippen LogP contribution in [-0.2, 0) is 0 Å². The molecule has 0 radical (unpaired) electrons. The highest BCUT2D eigenvalue weighted by Crippen LogP contribution is 2.52. The summed E-state index contributed by atoms with van der Waals surface area (Å²) < 4.78 is 2.38. The molecule has 2 heteroatoms. The van der Waals surface area contributed by atoms with E-state index >= 15 is 0 Å². The molecule has 0 unspecified atom stereocenters. The number of benzene rings is 4. The van der Waals surface area contributed by atoms with Gasteiger partial charge in [0.25, 0.3) is 0 Å². The predicted octanol–water partition coefficient (Wildman–Crippen LogP) is 8.01. The highest BCUT2D eigenvalue weighted by Gasteiger charge is 2.28. The number of para-hydroxylation sites is 1. The molecule has 0 N–H and O–H groups in total. The molecule has 7 rings (SSSR count). The van der Waals surface area contributed by atoms with Crippen LogP contribution < -0.4 is 0 Å². The lowest BCUT2D eigenvalue weighted by Gasteiger charge is -2.15. The highest BCUT2D eigenvalue weighted by atomic mass is 15.0. The van der Waals surface area contributed by atoms with Crippen molar-refractivity contribution in [3.63, 3.8) is 0 Å². The van der Waals surface area contributed by atoms with Crippen molar-refractivity contribution in [2.24, 2.45) is 0 Å². The van der Waals surface area contributed by atoms with Gasteiger partial charge >= 0.3 is 0 Å². The molecule has 0 atom stereocenters.